The maximum Gasteiger partial charge on any atom is 0.255 e. The van der Waals surface area contributed by atoms with Crippen molar-refractivity contribution in [3.8, 4) is 11.1 Å². The fraction of sp³-hybridized carbons (Fsp3) is 0.0800. The maximum absolute atomic E-state index is 13.1. The third-order valence-electron chi connectivity index (χ3n) is 4.84. The van der Waals surface area contributed by atoms with Gasteiger partial charge in [-0.1, -0.05) is 35.9 Å². The number of hydrogen-bond acceptors (Lipinski definition) is 4. The summed E-state index contributed by atoms with van der Waals surface area (Å²) < 4.78 is 13.1. The highest BCUT2D eigenvalue weighted by Gasteiger charge is 2.09. The number of aromatic nitrogens is 2. The van der Waals surface area contributed by atoms with E-state index in [9.17, 15) is 9.18 Å². The predicted molar refractivity (Wildman–Crippen MR) is 121 cm³/mol. The minimum absolute atomic E-state index is 0.192. The second kappa shape index (κ2) is 8.75. The zero-order valence-corrected chi connectivity index (χ0v) is 17.2. The fourth-order valence-electron chi connectivity index (χ4n) is 3.20. The third-order valence-corrected chi connectivity index (χ3v) is 4.84. The van der Waals surface area contributed by atoms with Crippen LogP contribution in [0.25, 0.3) is 11.1 Å². The Labute approximate surface area is 180 Å². The van der Waals surface area contributed by atoms with E-state index in [4.69, 9.17) is 0 Å². The summed E-state index contributed by atoms with van der Waals surface area (Å²) in [6, 6.07) is 19.2. The van der Waals surface area contributed by atoms with E-state index in [1.54, 1.807) is 42.7 Å². The molecule has 0 saturated carbocycles. The molecule has 1 heterocycles. The van der Waals surface area contributed by atoms with E-state index in [2.05, 4.69) is 20.6 Å². The van der Waals surface area contributed by atoms with Gasteiger partial charge in [-0.3, -0.25) is 4.79 Å². The monoisotopic (exact) mass is 412 g/mol. The molecule has 0 unspecified atom stereocenters. The summed E-state index contributed by atoms with van der Waals surface area (Å²) in [5, 5.41) is 6.06. The van der Waals surface area contributed by atoms with Crippen LogP contribution in [0.5, 0.6) is 0 Å². The molecule has 154 valence electrons. The van der Waals surface area contributed by atoms with Gasteiger partial charge in [0.1, 0.15) is 5.82 Å². The molecule has 4 aromatic rings. The molecule has 3 aromatic carbocycles. The van der Waals surface area contributed by atoms with Crippen LogP contribution in [0, 0.1) is 19.7 Å². The Kier molecular flexibility index (Phi) is 5.71. The SMILES string of the molecule is Cc1ccc(NC(=O)c2cccc(Nc3ncc(-c4ccc(F)cc4)cn3)c2)c(C)c1. The van der Waals surface area contributed by atoms with E-state index < -0.39 is 0 Å². The molecule has 31 heavy (non-hydrogen) atoms. The van der Waals surface area contributed by atoms with Crippen LogP contribution in [0.3, 0.4) is 0 Å². The van der Waals surface area contributed by atoms with Crippen molar-refractivity contribution in [3.05, 3.63) is 102 Å². The van der Waals surface area contributed by atoms with Crippen molar-refractivity contribution in [2.24, 2.45) is 0 Å². The van der Waals surface area contributed by atoms with E-state index in [1.165, 1.54) is 12.1 Å². The minimum Gasteiger partial charge on any atom is -0.324 e. The van der Waals surface area contributed by atoms with Gasteiger partial charge in [-0.05, 0) is 61.4 Å². The number of carbonyl (C=O) groups is 1. The number of carbonyl (C=O) groups excluding carboxylic acids is 1. The first-order valence-corrected chi connectivity index (χ1v) is 9.81. The molecular weight excluding hydrogens is 391 g/mol. The number of benzene rings is 3. The Morgan fingerprint density at radius 2 is 1.61 bits per heavy atom. The highest BCUT2D eigenvalue weighted by Crippen LogP contribution is 2.21. The molecule has 0 radical (unpaired) electrons. The maximum atomic E-state index is 13.1. The van der Waals surface area contributed by atoms with Crippen molar-refractivity contribution >= 4 is 23.2 Å². The molecule has 0 fully saturated rings. The van der Waals surface area contributed by atoms with E-state index in [1.807, 2.05) is 38.1 Å². The van der Waals surface area contributed by atoms with Gasteiger partial charge in [0.25, 0.3) is 5.91 Å². The molecular formula is C25H21FN4O. The summed E-state index contributed by atoms with van der Waals surface area (Å²) >= 11 is 0. The van der Waals surface area contributed by atoms with Crippen molar-refractivity contribution in [1.29, 1.82) is 0 Å². The van der Waals surface area contributed by atoms with Gasteiger partial charge in [0.2, 0.25) is 5.95 Å². The predicted octanol–water partition coefficient (Wildman–Crippen LogP) is 5.90. The summed E-state index contributed by atoms with van der Waals surface area (Å²) in [6.07, 6.45) is 3.33. The highest BCUT2D eigenvalue weighted by atomic mass is 19.1. The van der Waals surface area contributed by atoms with Gasteiger partial charge in [-0.2, -0.15) is 0 Å². The Morgan fingerprint density at radius 1 is 0.871 bits per heavy atom. The first-order chi connectivity index (χ1) is 15.0. The van der Waals surface area contributed by atoms with Crippen molar-refractivity contribution in [2.45, 2.75) is 13.8 Å². The van der Waals surface area contributed by atoms with Gasteiger partial charge in [0.05, 0.1) is 0 Å². The van der Waals surface area contributed by atoms with Crippen molar-refractivity contribution < 1.29 is 9.18 Å². The molecule has 0 aliphatic carbocycles. The van der Waals surface area contributed by atoms with Crippen molar-refractivity contribution in [1.82, 2.24) is 9.97 Å². The summed E-state index contributed by atoms with van der Waals surface area (Å²) in [5.74, 6) is -0.0783. The standard InChI is InChI=1S/C25H21FN4O/c1-16-6-11-23(17(2)12-16)30-24(31)19-4-3-5-22(13-19)29-25-27-14-20(15-28-25)18-7-9-21(26)10-8-18/h3-15H,1-2H3,(H,30,31)(H,27,28,29). The van der Waals surface area contributed by atoms with Crippen LogP contribution in [0.15, 0.2) is 79.1 Å². The van der Waals surface area contributed by atoms with E-state index >= 15 is 0 Å². The molecule has 0 aliphatic heterocycles. The second-order valence-electron chi connectivity index (χ2n) is 7.28. The van der Waals surface area contributed by atoms with Gasteiger partial charge < -0.3 is 10.6 Å². The number of nitrogens with zero attached hydrogens (tertiary/aromatic N) is 2. The van der Waals surface area contributed by atoms with Crippen LogP contribution in [0.2, 0.25) is 0 Å². The van der Waals surface area contributed by atoms with E-state index in [0.717, 1.165) is 27.9 Å². The Balaban J connectivity index is 1.46. The topological polar surface area (TPSA) is 66.9 Å². The largest absolute Gasteiger partial charge is 0.324 e. The number of amides is 1. The van der Waals surface area contributed by atoms with Gasteiger partial charge in [0.15, 0.2) is 0 Å². The van der Waals surface area contributed by atoms with E-state index in [0.29, 0.717) is 17.2 Å². The van der Waals surface area contributed by atoms with Crippen molar-refractivity contribution in [2.75, 3.05) is 10.6 Å². The number of halogens is 1. The average molecular weight is 412 g/mol. The normalized spacial score (nSPS) is 10.5. The zero-order chi connectivity index (χ0) is 21.8. The molecule has 0 atom stereocenters. The van der Waals surface area contributed by atoms with Crippen LogP contribution in [-0.2, 0) is 0 Å². The lowest BCUT2D eigenvalue weighted by Gasteiger charge is -2.11. The third kappa shape index (κ3) is 4.93. The number of hydrogen-bond donors (Lipinski definition) is 2. The molecule has 4 rings (SSSR count). The molecule has 6 heteroatoms. The summed E-state index contributed by atoms with van der Waals surface area (Å²) in [7, 11) is 0. The molecule has 1 amide bonds. The lowest BCUT2D eigenvalue weighted by atomic mass is 10.1. The van der Waals surface area contributed by atoms with E-state index in [-0.39, 0.29) is 11.7 Å². The van der Waals surface area contributed by atoms with Crippen LogP contribution in [-0.4, -0.2) is 15.9 Å². The lowest BCUT2D eigenvalue weighted by molar-refractivity contribution is 0.102. The number of nitrogens with one attached hydrogen (secondary N) is 2. The minimum atomic E-state index is -0.288. The number of anilines is 3. The summed E-state index contributed by atoms with van der Waals surface area (Å²) in [4.78, 5) is 21.3. The Bertz CT molecular complexity index is 1220. The Hall–Kier alpha value is -4.06. The number of aryl methyl sites for hydroxylation is 2. The lowest BCUT2D eigenvalue weighted by Crippen LogP contribution is -2.13. The summed E-state index contributed by atoms with van der Waals surface area (Å²) in [5.41, 5.74) is 5.78. The van der Waals surface area contributed by atoms with Crippen LogP contribution in [0.1, 0.15) is 21.5 Å². The van der Waals surface area contributed by atoms with Gasteiger partial charge in [-0.15, -0.1) is 0 Å². The van der Waals surface area contributed by atoms with Crippen LogP contribution < -0.4 is 10.6 Å². The quantitative estimate of drug-likeness (QED) is 0.429. The first-order valence-electron chi connectivity index (χ1n) is 9.81. The first kappa shape index (κ1) is 20.2. The smallest absolute Gasteiger partial charge is 0.255 e. The number of rotatable bonds is 5. The van der Waals surface area contributed by atoms with Crippen LogP contribution in [0.4, 0.5) is 21.7 Å². The van der Waals surface area contributed by atoms with Gasteiger partial charge in [0, 0.05) is 34.9 Å². The molecule has 5 nitrogen and oxygen atoms in total. The average Bonchev–Trinajstić information content (AvgIpc) is 2.77. The molecule has 2 N–H and O–H groups in total. The molecule has 1 aromatic heterocycles. The highest BCUT2D eigenvalue weighted by molar-refractivity contribution is 6.05. The van der Waals surface area contributed by atoms with Gasteiger partial charge >= 0.3 is 0 Å². The van der Waals surface area contributed by atoms with Crippen LogP contribution >= 0.6 is 0 Å². The molecule has 0 bridgehead atoms. The second-order valence-corrected chi connectivity index (χ2v) is 7.28. The Morgan fingerprint density at radius 3 is 2.32 bits per heavy atom. The molecule has 0 spiro atoms. The summed E-state index contributed by atoms with van der Waals surface area (Å²) in [6.45, 7) is 3.98. The molecule has 0 aliphatic rings. The zero-order valence-electron chi connectivity index (χ0n) is 17.2. The molecule has 0 saturated heterocycles. The van der Waals surface area contributed by atoms with Gasteiger partial charge in [-0.25, -0.2) is 14.4 Å². The fourth-order valence-corrected chi connectivity index (χ4v) is 3.20. The van der Waals surface area contributed by atoms with Crippen molar-refractivity contribution in [3.63, 3.8) is 0 Å².